The Hall–Kier alpha value is -4.85. The Balaban J connectivity index is 1.14. The lowest BCUT2D eigenvalue weighted by molar-refractivity contribution is -0.146. The van der Waals surface area contributed by atoms with E-state index in [4.69, 9.17) is 21.1 Å². The van der Waals surface area contributed by atoms with Gasteiger partial charge in [0.05, 0.1) is 58.3 Å². The second-order valence-corrected chi connectivity index (χ2v) is 21.1. The number of ether oxygens (including phenoxy) is 2. The summed E-state index contributed by atoms with van der Waals surface area (Å²) in [7, 11) is -0.732. The van der Waals surface area contributed by atoms with Crippen molar-refractivity contribution in [2.24, 2.45) is 5.92 Å². The average Bonchev–Trinajstić information content (AvgIpc) is 3.88. The molecule has 5 aromatic rings. The monoisotopic (exact) mass is 804 g/mol. The van der Waals surface area contributed by atoms with Gasteiger partial charge in [-0.15, -0.1) is 5.10 Å². The van der Waals surface area contributed by atoms with Crippen LogP contribution in [0.5, 0.6) is 5.75 Å². The van der Waals surface area contributed by atoms with Crippen molar-refractivity contribution in [1.29, 1.82) is 0 Å². The highest BCUT2D eigenvalue weighted by atomic mass is 35.5. The van der Waals surface area contributed by atoms with E-state index in [1.165, 1.54) is 5.19 Å². The number of halogens is 1. The molecule has 1 unspecified atom stereocenters. The van der Waals surface area contributed by atoms with E-state index in [2.05, 4.69) is 47.8 Å². The minimum Gasteiger partial charge on any atom is -0.497 e. The number of hydrogen-bond acceptors (Lipinski definition) is 8. The smallest absolute Gasteiger partial charge is 0.264 e. The van der Waals surface area contributed by atoms with Gasteiger partial charge < -0.3 is 29.7 Å². The number of aromatic nitrogens is 3. The van der Waals surface area contributed by atoms with E-state index in [1.807, 2.05) is 101 Å². The van der Waals surface area contributed by atoms with Crippen LogP contribution in [-0.4, -0.2) is 79.4 Å². The van der Waals surface area contributed by atoms with Crippen LogP contribution in [-0.2, 0) is 33.0 Å². The van der Waals surface area contributed by atoms with Gasteiger partial charge in [0.2, 0.25) is 5.91 Å². The van der Waals surface area contributed by atoms with Gasteiger partial charge in [-0.2, -0.15) is 0 Å². The summed E-state index contributed by atoms with van der Waals surface area (Å²) in [6.45, 7) is 9.24. The number of anilines is 2. The van der Waals surface area contributed by atoms with Crippen LogP contribution in [0.4, 0.5) is 11.4 Å². The van der Waals surface area contributed by atoms with Gasteiger partial charge in [0.15, 0.2) is 5.60 Å². The Morgan fingerprint density at radius 2 is 1.82 bits per heavy atom. The molecule has 4 heterocycles. The summed E-state index contributed by atoms with van der Waals surface area (Å²) >= 11 is 6.75. The third-order valence-corrected chi connectivity index (χ3v) is 17.0. The lowest BCUT2D eigenvalue weighted by Gasteiger charge is -2.37. The Bertz CT molecular complexity index is 2250. The number of aliphatic hydroxyl groups is 1. The van der Waals surface area contributed by atoms with Crippen molar-refractivity contribution in [1.82, 2.24) is 20.3 Å². The van der Waals surface area contributed by atoms with Gasteiger partial charge in [0.1, 0.15) is 5.75 Å². The number of hydrogen-bond donors (Lipinski definition) is 2. The molecule has 3 aliphatic rings. The number of piperazine rings is 1. The van der Waals surface area contributed by atoms with E-state index in [0.29, 0.717) is 43.3 Å². The second kappa shape index (κ2) is 15.8. The first kappa shape index (κ1) is 39.0. The van der Waals surface area contributed by atoms with Crippen LogP contribution in [0.15, 0.2) is 103 Å². The maximum Gasteiger partial charge on any atom is 0.264 e. The lowest BCUT2D eigenvalue weighted by atomic mass is 9.82. The number of amides is 2. The van der Waals surface area contributed by atoms with E-state index in [9.17, 15) is 9.90 Å². The van der Waals surface area contributed by atoms with Crippen LogP contribution < -0.4 is 25.0 Å². The molecule has 11 nitrogen and oxygen atoms in total. The number of nitrogens with one attached hydrogen (secondary N) is 1. The Morgan fingerprint density at radius 1 is 1.04 bits per heavy atom. The number of carbonyl (C=O) groups excluding carboxylic acids is 2. The van der Waals surface area contributed by atoms with Crippen molar-refractivity contribution in [2.45, 2.75) is 62.7 Å². The Morgan fingerprint density at radius 3 is 2.56 bits per heavy atom. The maximum absolute atomic E-state index is 15.3. The molecular formula is C44H49ClN6O5Si. The summed E-state index contributed by atoms with van der Waals surface area (Å²) in [6.07, 6.45) is 2.19. The maximum atomic E-state index is 15.3. The van der Waals surface area contributed by atoms with Crippen LogP contribution in [0, 0.1) is 5.92 Å². The topological polar surface area (TPSA) is 122 Å². The molecule has 3 aliphatic heterocycles. The number of fused-ring (bicyclic) bond motifs is 2. The SMILES string of the molecule is COc1ccc([Si](C)(C)[C@H]2[C@H](CCn3cc(C(CO)c4ccccc4)nn3)O[C@@]3(C(=O)N(Cc4cccc(N5CCNCC5=O)c4)c4ccc(Cl)cc43)[C@@H]2C)cc1. The van der Waals surface area contributed by atoms with Crippen LogP contribution >= 0.6 is 11.6 Å². The number of benzene rings is 4. The van der Waals surface area contributed by atoms with E-state index in [-0.39, 0.29) is 41.9 Å². The van der Waals surface area contributed by atoms with Crippen molar-refractivity contribution in [3.05, 3.63) is 131 Å². The Labute approximate surface area is 339 Å². The summed E-state index contributed by atoms with van der Waals surface area (Å²) in [6, 6.07) is 31.7. The summed E-state index contributed by atoms with van der Waals surface area (Å²) in [5, 5.41) is 24.2. The molecule has 1 aromatic heterocycles. The molecule has 2 saturated heterocycles. The molecule has 2 amide bonds. The zero-order chi connectivity index (χ0) is 39.9. The van der Waals surface area contributed by atoms with Gasteiger partial charge in [-0.05, 0) is 65.6 Å². The van der Waals surface area contributed by atoms with E-state index in [0.717, 1.165) is 40.4 Å². The van der Waals surface area contributed by atoms with E-state index < -0.39 is 13.7 Å². The summed E-state index contributed by atoms with van der Waals surface area (Å²) in [5.41, 5.74) is 3.70. The Kier molecular flexibility index (Phi) is 10.8. The molecule has 1 spiro atoms. The van der Waals surface area contributed by atoms with E-state index in [1.54, 1.807) is 12.0 Å². The van der Waals surface area contributed by atoms with Crippen LogP contribution in [0.2, 0.25) is 23.7 Å². The van der Waals surface area contributed by atoms with Crippen molar-refractivity contribution >= 4 is 48.1 Å². The highest BCUT2D eigenvalue weighted by Crippen LogP contribution is 2.60. The van der Waals surface area contributed by atoms with Gasteiger partial charge in [0, 0.05) is 48.0 Å². The molecule has 0 aliphatic carbocycles. The fourth-order valence-corrected chi connectivity index (χ4v) is 13.7. The summed E-state index contributed by atoms with van der Waals surface area (Å²) in [5.74, 6) is 0.201. The van der Waals surface area contributed by atoms with Crippen LogP contribution in [0.1, 0.15) is 41.6 Å². The zero-order valence-electron chi connectivity index (χ0n) is 32.8. The largest absolute Gasteiger partial charge is 0.497 e. The lowest BCUT2D eigenvalue weighted by Crippen LogP contribution is -2.51. The number of methoxy groups -OCH3 is 1. The zero-order valence-corrected chi connectivity index (χ0v) is 34.5. The van der Waals surface area contributed by atoms with Crippen molar-refractivity contribution < 1.29 is 24.2 Å². The third-order valence-electron chi connectivity index (χ3n) is 12.4. The molecule has 0 radical (unpaired) electrons. The number of aryl methyl sites for hydroxylation is 1. The van der Waals surface area contributed by atoms with Gasteiger partial charge >= 0.3 is 0 Å². The van der Waals surface area contributed by atoms with Crippen molar-refractivity contribution in [2.75, 3.05) is 43.2 Å². The second-order valence-electron chi connectivity index (χ2n) is 15.9. The average molecular weight is 805 g/mol. The van der Waals surface area contributed by atoms with Crippen LogP contribution in [0.25, 0.3) is 0 Å². The van der Waals surface area contributed by atoms with E-state index >= 15 is 4.79 Å². The molecule has 57 heavy (non-hydrogen) atoms. The first-order valence-corrected chi connectivity index (χ1v) is 23.1. The third kappa shape index (κ3) is 7.07. The molecule has 2 fully saturated rings. The molecule has 8 rings (SSSR count). The molecule has 0 saturated carbocycles. The standard InChI is InChI=1S/C44H49ClN6O5Si/c1-29-42(57(3,4)35-16-14-34(55-2)15-17-35)40(19-21-49-27-38(47-48-49)36(28-52)31-10-6-5-7-11-31)56-44(29)37-24-32(45)13-18-39(37)51(43(44)54)26-30-9-8-12-33(23-30)50-22-20-46-25-41(50)53/h5-18,23-24,27,29,36,40,42,46,52H,19-22,25-26,28H2,1-4H3/t29-,36?,40+,42-,44+/m1/s1. The predicted octanol–water partition coefficient (Wildman–Crippen LogP) is 5.85. The predicted molar refractivity (Wildman–Crippen MR) is 224 cm³/mol. The normalized spacial score (nSPS) is 22.7. The summed E-state index contributed by atoms with van der Waals surface area (Å²) in [4.78, 5) is 31.8. The summed E-state index contributed by atoms with van der Waals surface area (Å²) < 4.78 is 14.7. The number of carbonyl (C=O) groups is 2. The number of nitrogens with zero attached hydrogens (tertiary/aromatic N) is 5. The van der Waals surface area contributed by atoms with Gasteiger partial charge in [-0.1, -0.05) is 96.6 Å². The van der Waals surface area contributed by atoms with Gasteiger partial charge in [-0.25, -0.2) is 0 Å². The fourth-order valence-electron chi connectivity index (χ4n) is 9.49. The molecule has 0 bridgehead atoms. The van der Waals surface area contributed by atoms with Gasteiger partial charge in [-0.3, -0.25) is 14.3 Å². The molecule has 2 N–H and O–H groups in total. The number of rotatable bonds is 12. The quantitative estimate of drug-likeness (QED) is 0.151. The molecule has 13 heteroatoms. The molecular weight excluding hydrogens is 756 g/mol. The highest BCUT2D eigenvalue weighted by Gasteiger charge is 2.66. The minimum atomic E-state index is -2.40. The highest BCUT2D eigenvalue weighted by molar-refractivity contribution is 6.91. The first-order chi connectivity index (χ1) is 27.5. The first-order valence-electron chi connectivity index (χ1n) is 19.7. The van der Waals surface area contributed by atoms with Crippen LogP contribution in [0.3, 0.4) is 0 Å². The van der Waals surface area contributed by atoms with Crippen molar-refractivity contribution in [3.8, 4) is 5.75 Å². The molecule has 4 aromatic carbocycles. The molecule has 5 atom stereocenters. The van der Waals surface area contributed by atoms with Gasteiger partial charge in [0.25, 0.3) is 5.91 Å². The fraction of sp³-hybridized carbons (Fsp3) is 0.364. The molecule has 296 valence electrons. The number of aliphatic hydroxyl groups excluding tert-OH is 1. The minimum absolute atomic E-state index is 0.0150. The van der Waals surface area contributed by atoms with Crippen molar-refractivity contribution in [3.63, 3.8) is 0 Å².